The van der Waals surface area contributed by atoms with Gasteiger partial charge >= 0.3 is 0 Å². The molecule has 96 valence electrons. The number of imide groups is 1. The minimum Gasteiger partial charge on any atom is -0.330 e. The zero-order valence-corrected chi connectivity index (χ0v) is 10.4. The molecule has 0 aromatic carbocycles. The second kappa shape index (κ2) is 5.14. The molecular weight excluding hydrogens is 218 g/mol. The standard InChI is InChI=1S/C12H21N3O2/c1-9-5-10(6-13)7-14(9)8-12(17)15-4-2-3-11(15)16/h9-10H,2-8,13H2,1H3. The minimum atomic E-state index is -0.0444. The predicted molar refractivity (Wildman–Crippen MR) is 64.2 cm³/mol. The van der Waals surface area contributed by atoms with E-state index >= 15 is 0 Å². The van der Waals surface area contributed by atoms with Crippen molar-refractivity contribution in [2.45, 2.75) is 32.2 Å². The van der Waals surface area contributed by atoms with Gasteiger partial charge in [-0.1, -0.05) is 0 Å². The lowest BCUT2D eigenvalue weighted by molar-refractivity contribution is -0.142. The number of carbonyl (C=O) groups excluding carboxylic acids is 2. The summed E-state index contributed by atoms with van der Waals surface area (Å²) in [5.41, 5.74) is 5.66. The Kier molecular flexibility index (Phi) is 3.79. The lowest BCUT2D eigenvalue weighted by atomic mass is 10.1. The highest BCUT2D eigenvalue weighted by Gasteiger charge is 2.33. The first-order valence-electron chi connectivity index (χ1n) is 6.39. The van der Waals surface area contributed by atoms with Crippen LogP contribution < -0.4 is 5.73 Å². The minimum absolute atomic E-state index is 0.0165. The van der Waals surface area contributed by atoms with Gasteiger partial charge in [0, 0.05) is 25.6 Å². The van der Waals surface area contributed by atoms with E-state index in [1.54, 1.807) is 0 Å². The highest BCUT2D eigenvalue weighted by molar-refractivity contribution is 5.97. The molecule has 2 heterocycles. The predicted octanol–water partition coefficient (Wildman–Crippen LogP) is -0.195. The highest BCUT2D eigenvalue weighted by atomic mass is 16.2. The Hall–Kier alpha value is -0.940. The summed E-state index contributed by atoms with van der Waals surface area (Å²) in [7, 11) is 0. The lowest BCUT2D eigenvalue weighted by Gasteiger charge is -2.23. The molecule has 17 heavy (non-hydrogen) atoms. The van der Waals surface area contributed by atoms with Gasteiger partial charge in [-0.25, -0.2) is 0 Å². The molecule has 2 N–H and O–H groups in total. The first kappa shape index (κ1) is 12.5. The molecule has 0 spiro atoms. The van der Waals surface area contributed by atoms with Gasteiger partial charge in [-0.15, -0.1) is 0 Å². The molecule has 0 aromatic heterocycles. The maximum Gasteiger partial charge on any atom is 0.243 e. The summed E-state index contributed by atoms with van der Waals surface area (Å²) < 4.78 is 0. The maximum absolute atomic E-state index is 12.0. The van der Waals surface area contributed by atoms with E-state index in [9.17, 15) is 9.59 Å². The smallest absolute Gasteiger partial charge is 0.243 e. The number of amides is 2. The fraction of sp³-hybridized carbons (Fsp3) is 0.833. The second-order valence-electron chi connectivity index (χ2n) is 5.16. The Morgan fingerprint density at radius 1 is 1.53 bits per heavy atom. The van der Waals surface area contributed by atoms with Gasteiger partial charge in [0.2, 0.25) is 11.8 Å². The number of nitrogens with zero attached hydrogens (tertiary/aromatic N) is 2. The molecule has 0 radical (unpaired) electrons. The fourth-order valence-electron chi connectivity index (χ4n) is 2.78. The Morgan fingerprint density at radius 3 is 2.82 bits per heavy atom. The van der Waals surface area contributed by atoms with Gasteiger partial charge in [-0.05, 0) is 32.2 Å². The van der Waals surface area contributed by atoms with Crippen molar-refractivity contribution in [3.8, 4) is 0 Å². The van der Waals surface area contributed by atoms with E-state index < -0.39 is 0 Å². The Morgan fingerprint density at radius 2 is 2.29 bits per heavy atom. The topological polar surface area (TPSA) is 66.6 Å². The molecule has 2 atom stereocenters. The number of rotatable bonds is 3. The second-order valence-corrected chi connectivity index (χ2v) is 5.16. The molecular formula is C12H21N3O2. The van der Waals surface area contributed by atoms with Gasteiger partial charge < -0.3 is 5.73 Å². The zero-order chi connectivity index (χ0) is 12.4. The van der Waals surface area contributed by atoms with Gasteiger partial charge in [0.25, 0.3) is 0 Å². The molecule has 0 aromatic rings. The third kappa shape index (κ3) is 2.66. The summed E-state index contributed by atoms with van der Waals surface area (Å²) in [4.78, 5) is 27.0. The van der Waals surface area contributed by atoms with Crippen LogP contribution >= 0.6 is 0 Å². The van der Waals surface area contributed by atoms with Crippen LogP contribution in [0.4, 0.5) is 0 Å². The molecule has 2 saturated heterocycles. The third-order valence-electron chi connectivity index (χ3n) is 3.84. The van der Waals surface area contributed by atoms with Crippen LogP contribution in [0.15, 0.2) is 0 Å². The van der Waals surface area contributed by atoms with Crippen LogP contribution in [0, 0.1) is 5.92 Å². The van der Waals surface area contributed by atoms with E-state index in [2.05, 4.69) is 11.8 Å². The molecule has 2 aliphatic heterocycles. The lowest BCUT2D eigenvalue weighted by Crippen LogP contribution is -2.42. The van der Waals surface area contributed by atoms with Gasteiger partial charge in [-0.3, -0.25) is 19.4 Å². The van der Waals surface area contributed by atoms with Crippen molar-refractivity contribution in [1.82, 2.24) is 9.80 Å². The van der Waals surface area contributed by atoms with Gasteiger partial charge in [-0.2, -0.15) is 0 Å². The summed E-state index contributed by atoms with van der Waals surface area (Å²) in [5.74, 6) is 0.432. The van der Waals surface area contributed by atoms with Crippen LogP contribution in [0.2, 0.25) is 0 Å². The van der Waals surface area contributed by atoms with Crippen molar-refractivity contribution in [2.24, 2.45) is 11.7 Å². The number of hydrogen-bond donors (Lipinski definition) is 1. The largest absolute Gasteiger partial charge is 0.330 e. The van der Waals surface area contributed by atoms with E-state index in [-0.39, 0.29) is 11.8 Å². The van der Waals surface area contributed by atoms with Crippen LogP contribution in [0.1, 0.15) is 26.2 Å². The van der Waals surface area contributed by atoms with Crippen molar-refractivity contribution in [3.63, 3.8) is 0 Å². The van der Waals surface area contributed by atoms with Crippen molar-refractivity contribution in [2.75, 3.05) is 26.2 Å². The van der Waals surface area contributed by atoms with Crippen molar-refractivity contribution >= 4 is 11.8 Å². The van der Waals surface area contributed by atoms with Gasteiger partial charge in [0.05, 0.1) is 6.54 Å². The molecule has 2 rings (SSSR count). The van der Waals surface area contributed by atoms with E-state index in [0.717, 1.165) is 19.4 Å². The summed E-state index contributed by atoms with van der Waals surface area (Å²) >= 11 is 0. The Balaban J connectivity index is 1.88. The number of likely N-dealkylation sites (tertiary alicyclic amines) is 2. The summed E-state index contributed by atoms with van der Waals surface area (Å²) in [6, 6.07) is 0.394. The van der Waals surface area contributed by atoms with Crippen LogP contribution in [0.5, 0.6) is 0 Å². The Bertz CT molecular complexity index is 319. The van der Waals surface area contributed by atoms with Gasteiger partial charge in [0.15, 0.2) is 0 Å². The van der Waals surface area contributed by atoms with Crippen molar-refractivity contribution < 1.29 is 9.59 Å². The average molecular weight is 239 g/mol. The summed E-state index contributed by atoms with van der Waals surface area (Å²) in [6.07, 6.45) is 2.38. The van der Waals surface area contributed by atoms with Crippen molar-refractivity contribution in [3.05, 3.63) is 0 Å². The maximum atomic E-state index is 12.0. The monoisotopic (exact) mass is 239 g/mol. The molecule has 0 bridgehead atoms. The van der Waals surface area contributed by atoms with Crippen LogP contribution in [0.3, 0.4) is 0 Å². The summed E-state index contributed by atoms with van der Waals surface area (Å²) in [5, 5.41) is 0. The normalized spacial score (nSPS) is 30.2. The fourth-order valence-corrected chi connectivity index (χ4v) is 2.78. The SMILES string of the molecule is CC1CC(CN)CN1CC(=O)N1CCCC1=O. The molecule has 0 saturated carbocycles. The quantitative estimate of drug-likeness (QED) is 0.741. The third-order valence-corrected chi connectivity index (χ3v) is 3.84. The van der Waals surface area contributed by atoms with E-state index in [0.29, 0.717) is 38.0 Å². The van der Waals surface area contributed by atoms with Crippen LogP contribution in [-0.2, 0) is 9.59 Å². The highest BCUT2D eigenvalue weighted by Crippen LogP contribution is 2.22. The molecule has 5 heteroatoms. The molecule has 2 aliphatic rings. The van der Waals surface area contributed by atoms with Crippen LogP contribution in [0.25, 0.3) is 0 Å². The zero-order valence-electron chi connectivity index (χ0n) is 10.4. The van der Waals surface area contributed by atoms with Gasteiger partial charge in [0.1, 0.15) is 0 Å². The number of nitrogens with two attached hydrogens (primary N) is 1. The van der Waals surface area contributed by atoms with Crippen molar-refractivity contribution in [1.29, 1.82) is 0 Å². The molecule has 2 amide bonds. The first-order chi connectivity index (χ1) is 8.11. The molecule has 5 nitrogen and oxygen atoms in total. The van der Waals surface area contributed by atoms with E-state index in [1.165, 1.54) is 4.90 Å². The summed E-state index contributed by atoms with van der Waals surface area (Å²) in [6.45, 7) is 4.64. The van der Waals surface area contributed by atoms with Crippen LogP contribution in [-0.4, -0.2) is 53.8 Å². The number of hydrogen-bond acceptors (Lipinski definition) is 4. The molecule has 0 aliphatic carbocycles. The first-order valence-corrected chi connectivity index (χ1v) is 6.39. The average Bonchev–Trinajstić information content (AvgIpc) is 2.86. The van der Waals surface area contributed by atoms with E-state index in [1.807, 2.05) is 0 Å². The number of carbonyl (C=O) groups is 2. The molecule has 2 unspecified atom stereocenters. The molecule has 2 fully saturated rings. The Labute approximate surface area is 102 Å². The van der Waals surface area contributed by atoms with E-state index in [4.69, 9.17) is 5.73 Å².